The van der Waals surface area contributed by atoms with Crippen molar-refractivity contribution in [3.63, 3.8) is 0 Å². The zero-order chi connectivity index (χ0) is 19.2. The maximum absolute atomic E-state index is 13.4. The Labute approximate surface area is 162 Å². The molecular weight excluding hydrogens is 387 g/mol. The Morgan fingerprint density at radius 2 is 1.96 bits per heavy atom. The Morgan fingerprint density at radius 3 is 2.52 bits per heavy atom. The second-order valence-electron chi connectivity index (χ2n) is 5.85. The summed E-state index contributed by atoms with van der Waals surface area (Å²) in [6.45, 7) is 3.31. The van der Waals surface area contributed by atoms with Gasteiger partial charge in [-0.2, -0.15) is 13.2 Å². The van der Waals surface area contributed by atoms with Crippen LogP contribution in [0.25, 0.3) is 0 Å². The molecular formula is C17H25ClF3N3O3. The number of alkyl halides is 3. The Bertz CT molecular complexity index is 611. The van der Waals surface area contributed by atoms with Crippen molar-refractivity contribution in [1.82, 2.24) is 15.5 Å². The molecule has 0 aromatic heterocycles. The number of hydrogen-bond donors (Lipinski definition) is 2. The fourth-order valence-corrected chi connectivity index (χ4v) is 2.82. The average molecular weight is 412 g/mol. The number of benzene rings is 1. The topological polar surface area (TPSA) is 62.8 Å². The number of ether oxygens (including phenoxy) is 2. The fourth-order valence-electron chi connectivity index (χ4n) is 2.82. The lowest BCUT2D eigenvalue weighted by atomic mass is 10.1. The van der Waals surface area contributed by atoms with Crippen LogP contribution in [0, 0.1) is 0 Å². The van der Waals surface area contributed by atoms with Gasteiger partial charge in [-0.3, -0.25) is 9.69 Å². The lowest BCUT2D eigenvalue weighted by Crippen LogP contribution is -2.57. The number of nitrogens with zero attached hydrogens (tertiary/aromatic N) is 1. The van der Waals surface area contributed by atoms with Gasteiger partial charge in [0.1, 0.15) is 6.04 Å². The summed E-state index contributed by atoms with van der Waals surface area (Å²) in [5, 5.41) is 5.41. The smallest absolute Gasteiger partial charge is 0.405 e. The van der Waals surface area contributed by atoms with Crippen LogP contribution in [0.3, 0.4) is 0 Å². The molecule has 1 saturated heterocycles. The minimum atomic E-state index is -4.42. The zero-order valence-corrected chi connectivity index (χ0v) is 16.1. The molecule has 0 saturated carbocycles. The highest BCUT2D eigenvalue weighted by Gasteiger charge is 2.43. The van der Waals surface area contributed by atoms with Gasteiger partial charge in [0.15, 0.2) is 11.5 Å². The van der Waals surface area contributed by atoms with E-state index in [0.717, 1.165) is 0 Å². The predicted molar refractivity (Wildman–Crippen MR) is 98.0 cm³/mol. The second kappa shape index (κ2) is 10.6. The van der Waals surface area contributed by atoms with E-state index in [1.165, 1.54) is 24.1 Å². The first-order valence-electron chi connectivity index (χ1n) is 8.47. The van der Waals surface area contributed by atoms with Crippen LogP contribution in [-0.2, 0) is 0 Å². The van der Waals surface area contributed by atoms with Gasteiger partial charge in [-0.25, -0.2) is 0 Å². The van der Waals surface area contributed by atoms with Crippen LogP contribution >= 0.6 is 12.4 Å². The Kier molecular flexibility index (Phi) is 9.14. The molecule has 27 heavy (non-hydrogen) atoms. The van der Waals surface area contributed by atoms with Gasteiger partial charge < -0.3 is 20.1 Å². The molecule has 1 aromatic rings. The number of hydrogen-bond acceptors (Lipinski definition) is 5. The molecule has 1 fully saturated rings. The van der Waals surface area contributed by atoms with Crippen molar-refractivity contribution in [2.75, 3.05) is 46.4 Å². The van der Waals surface area contributed by atoms with Crippen molar-refractivity contribution in [2.45, 2.75) is 19.1 Å². The van der Waals surface area contributed by atoms with Gasteiger partial charge in [0.05, 0.1) is 13.7 Å². The van der Waals surface area contributed by atoms with Crippen molar-refractivity contribution in [3.8, 4) is 11.5 Å². The summed E-state index contributed by atoms with van der Waals surface area (Å²) in [5.74, 6) is 0.241. The van der Waals surface area contributed by atoms with Crippen molar-refractivity contribution < 1.29 is 27.4 Å². The van der Waals surface area contributed by atoms with E-state index in [4.69, 9.17) is 9.47 Å². The molecule has 0 radical (unpaired) electrons. The number of rotatable bonds is 7. The maximum Gasteiger partial charge on any atom is 0.405 e. The number of piperazine rings is 1. The molecule has 1 aliphatic heterocycles. The Morgan fingerprint density at radius 1 is 1.30 bits per heavy atom. The minimum absolute atomic E-state index is 0. The van der Waals surface area contributed by atoms with Crippen molar-refractivity contribution >= 4 is 18.3 Å². The molecule has 1 atom stereocenters. The van der Waals surface area contributed by atoms with Gasteiger partial charge in [-0.15, -0.1) is 12.4 Å². The van der Waals surface area contributed by atoms with E-state index in [2.05, 4.69) is 10.6 Å². The predicted octanol–water partition coefficient (Wildman–Crippen LogP) is 2.08. The Balaban J connectivity index is 0.00000364. The summed E-state index contributed by atoms with van der Waals surface area (Å²) in [6.07, 6.45) is -4.42. The van der Waals surface area contributed by atoms with E-state index in [1.807, 2.05) is 6.92 Å². The summed E-state index contributed by atoms with van der Waals surface area (Å²) in [4.78, 5) is 13.6. The lowest BCUT2D eigenvalue weighted by molar-refractivity contribution is -0.183. The first kappa shape index (κ1) is 23.3. The molecule has 0 spiro atoms. The van der Waals surface area contributed by atoms with Crippen LogP contribution in [0.2, 0.25) is 0 Å². The van der Waals surface area contributed by atoms with Gasteiger partial charge in [-0.05, 0) is 25.1 Å². The molecule has 1 unspecified atom stereocenters. The Hall–Kier alpha value is -1.71. The van der Waals surface area contributed by atoms with Crippen LogP contribution in [0.4, 0.5) is 13.2 Å². The van der Waals surface area contributed by atoms with Crippen LogP contribution in [-0.4, -0.2) is 69.5 Å². The number of amides is 1. The maximum atomic E-state index is 13.4. The van der Waals surface area contributed by atoms with Gasteiger partial charge in [0, 0.05) is 38.3 Å². The zero-order valence-electron chi connectivity index (χ0n) is 15.3. The molecule has 0 aliphatic carbocycles. The molecule has 1 aliphatic rings. The first-order chi connectivity index (χ1) is 12.4. The number of nitrogens with one attached hydrogen (secondary N) is 2. The molecule has 2 N–H and O–H groups in total. The lowest BCUT2D eigenvalue weighted by Gasteiger charge is -2.35. The number of carbonyl (C=O) groups is 1. The summed E-state index contributed by atoms with van der Waals surface area (Å²) in [7, 11) is 1.43. The van der Waals surface area contributed by atoms with E-state index in [0.29, 0.717) is 31.2 Å². The van der Waals surface area contributed by atoms with Crippen molar-refractivity contribution in [1.29, 1.82) is 0 Å². The summed E-state index contributed by atoms with van der Waals surface area (Å²) >= 11 is 0. The highest BCUT2D eigenvalue weighted by atomic mass is 35.5. The van der Waals surface area contributed by atoms with Gasteiger partial charge in [0.2, 0.25) is 0 Å². The third kappa shape index (κ3) is 6.44. The van der Waals surface area contributed by atoms with Crippen molar-refractivity contribution in [2.24, 2.45) is 0 Å². The average Bonchev–Trinajstić information content (AvgIpc) is 2.62. The van der Waals surface area contributed by atoms with Crippen LogP contribution < -0.4 is 20.1 Å². The van der Waals surface area contributed by atoms with E-state index in [9.17, 15) is 18.0 Å². The molecule has 2 rings (SSSR count). The van der Waals surface area contributed by atoms with E-state index in [-0.39, 0.29) is 31.1 Å². The second-order valence-corrected chi connectivity index (χ2v) is 5.85. The fraction of sp³-hybridized carbons (Fsp3) is 0.588. The third-order valence-corrected chi connectivity index (χ3v) is 4.15. The summed E-state index contributed by atoms with van der Waals surface area (Å²) in [5.41, 5.74) is 0.214. The summed E-state index contributed by atoms with van der Waals surface area (Å²) in [6, 6.07) is 2.80. The molecule has 6 nitrogen and oxygen atoms in total. The highest BCUT2D eigenvalue weighted by Crippen LogP contribution is 2.28. The van der Waals surface area contributed by atoms with Gasteiger partial charge >= 0.3 is 6.18 Å². The molecule has 1 aromatic carbocycles. The third-order valence-electron chi connectivity index (χ3n) is 4.15. The molecule has 1 amide bonds. The molecule has 154 valence electrons. The normalized spacial score (nSPS) is 16.2. The van der Waals surface area contributed by atoms with Gasteiger partial charge in [0.25, 0.3) is 5.91 Å². The SMILES string of the molecule is CCOc1ccc(C(=O)NCC(N2CCNCC2)C(F)(F)F)cc1OC.Cl. The van der Waals surface area contributed by atoms with Crippen LogP contribution in [0.5, 0.6) is 11.5 Å². The van der Waals surface area contributed by atoms with Crippen molar-refractivity contribution in [3.05, 3.63) is 23.8 Å². The number of methoxy groups -OCH3 is 1. The minimum Gasteiger partial charge on any atom is -0.493 e. The van der Waals surface area contributed by atoms with Gasteiger partial charge in [-0.1, -0.05) is 0 Å². The quantitative estimate of drug-likeness (QED) is 0.719. The monoisotopic (exact) mass is 411 g/mol. The van der Waals surface area contributed by atoms with Crippen LogP contribution in [0.1, 0.15) is 17.3 Å². The summed E-state index contributed by atoms with van der Waals surface area (Å²) < 4.78 is 50.6. The molecule has 1 heterocycles. The first-order valence-corrected chi connectivity index (χ1v) is 8.47. The number of halogens is 4. The number of carbonyl (C=O) groups excluding carboxylic acids is 1. The van der Waals surface area contributed by atoms with E-state index in [1.54, 1.807) is 6.07 Å². The molecule has 10 heteroatoms. The highest BCUT2D eigenvalue weighted by molar-refractivity contribution is 5.94. The molecule has 0 bridgehead atoms. The van der Waals surface area contributed by atoms with Crippen LogP contribution in [0.15, 0.2) is 18.2 Å². The standard InChI is InChI=1S/C17H24F3N3O3.ClH/c1-3-26-13-5-4-12(10-14(13)25-2)16(24)22-11-15(17(18,19)20)23-8-6-21-7-9-23;/h4-5,10,15,21H,3,6-9,11H2,1-2H3,(H,22,24);1H. The van der Waals surface area contributed by atoms with E-state index >= 15 is 0 Å². The van der Waals surface area contributed by atoms with E-state index < -0.39 is 24.7 Å². The largest absolute Gasteiger partial charge is 0.493 e.